The maximum atomic E-state index is 9.29. The highest BCUT2D eigenvalue weighted by atomic mass is 16.3. The Labute approximate surface area is 82.9 Å². The number of hydrogen-bond donors (Lipinski definition) is 1. The zero-order valence-corrected chi connectivity index (χ0v) is 9.58. The van der Waals surface area contributed by atoms with E-state index in [1.165, 1.54) is 19.3 Å². The van der Waals surface area contributed by atoms with Crippen LogP contribution >= 0.6 is 0 Å². The second-order valence-corrected chi connectivity index (χ2v) is 4.14. The second-order valence-electron chi connectivity index (χ2n) is 4.14. The van der Waals surface area contributed by atoms with Crippen molar-refractivity contribution >= 4 is 0 Å². The van der Waals surface area contributed by atoms with Gasteiger partial charge in [0.05, 0.1) is 6.10 Å². The molecule has 1 atom stereocenters. The molecule has 0 heterocycles. The van der Waals surface area contributed by atoms with Gasteiger partial charge in [0.15, 0.2) is 0 Å². The van der Waals surface area contributed by atoms with E-state index < -0.39 is 0 Å². The van der Waals surface area contributed by atoms with Crippen LogP contribution in [0.3, 0.4) is 0 Å². The Kier molecular flexibility index (Phi) is 7.29. The van der Waals surface area contributed by atoms with Crippen molar-refractivity contribution in [2.45, 2.75) is 59.1 Å². The molecule has 0 aliphatic carbocycles. The van der Waals surface area contributed by atoms with Crippen LogP contribution in [0.4, 0.5) is 0 Å². The molecule has 0 rings (SSSR count). The van der Waals surface area contributed by atoms with Gasteiger partial charge in [0.2, 0.25) is 0 Å². The Morgan fingerprint density at radius 2 is 1.77 bits per heavy atom. The van der Waals surface area contributed by atoms with Crippen molar-refractivity contribution < 1.29 is 5.11 Å². The van der Waals surface area contributed by atoms with Crippen LogP contribution in [0.5, 0.6) is 0 Å². The van der Waals surface area contributed by atoms with E-state index >= 15 is 0 Å². The number of nitrogens with zero attached hydrogens (tertiary/aromatic N) is 1. The van der Waals surface area contributed by atoms with E-state index in [9.17, 15) is 5.11 Å². The molecule has 0 aromatic rings. The lowest BCUT2D eigenvalue weighted by Crippen LogP contribution is -2.37. The van der Waals surface area contributed by atoms with Crippen LogP contribution in [0.1, 0.15) is 47.0 Å². The fourth-order valence-electron chi connectivity index (χ4n) is 1.46. The lowest BCUT2D eigenvalue weighted by molar-refractivity contribution is 0.106. The maximum absolute atomic E-state index is 9.29. The van der Waals surface area contributed by atoms with Gasteiger partial charge in [0, 0.05) is 12.6 Å². The SMILES string of the molecule is CCCCCN(CC(C)O)C(C)C. The third-order valence-corrected chi connectivity index (χ3v) is 2.28. The van der Waals surface area contributed by atoms with E-state index in [4.69, 9.17) is 0 Å². The Hall–Kier alpha value is -0.0800. The highest BCUT2D eigenvalue weighted by molar-refractivity contribution is 4.65. The first-order valence-electron chi connectivity index (χ1n) is 5.50. The monoisotopic (exact) mass is 187 g/mol. The molecular formula is C11H25NO. The van der Waals surface area contributed by atoms with Crippen molar-refractivity contribution in [3.05, 3.63) is 0 Å². The highest BCUT2D eigenvalue weighted by Crippen LogP contribution is 2.04. The first-order chi connectivity index (χ1) is 6.07. The number of rotatable bonds is 7. The summed E-state index contributed by atoms with van der Waals surface area (Å²) in [6.45, 7) is 10.4. The summed E-state index contributed by atoms with van der Waals surface area (Å²) in [6.07, 6.45) is 3.61. The summed E-state index contributed by atoms with van der Waals surface area (Å²) in [5.74, 6) is 0. The third kappa shape index (κ3) is 7.03. The van der Waals surface area contributed by atoms with Gasteiger partial charge in [-0.05, 0) is 33.7 Å². The van der Waals surface area contributed by atoms with E-state index in [2.05, 4.69) is 25.7 Å². The lowest BCUT2D eigenvalue weighted by atomic mass is 10.2. The molecule has 2 nitrogen and oxygen atoms in total. The molecule has 1 N–H and O–H groups in total. The summed E-state index contributed by atoms with van der Waals surface area (Å²) in [4.78, 5) is 2.35. The van der Waals surface area contributed by atoms with Crippen LogP contribution in [0.2, 0.25) is 0 Å². The van der Waals surface area contributed by atoms with Crippen LogP contribution < -0.4 is 0 Å². The molecule has 0 saturated heterocycles. The van der Waals surface area contributed by atoms with Crippen molar-refractivity contribution in [3.8, 4) is 0 Å². The molecule has 1 unspecified atom stereocenters. The molecule has 0 amide bonds. The first-order valence-corrected chi connectivity index (χ1v) is 5.50. The molecule has 80 valence electrons. The molecule has 0 aliphatic heterocycles. The van der Waals surface area contributed by atoms with Crippen molar-refractivity contribution in [1.29, 1.82) is 0 Å². The normalized spacial score (nSPS) is 14.1. The Bertz CT molecular complexity index is 113. The van der Waals surface area contributed by atoms with Crippen molar-refractivity contribution in [1.82, 2.24) is 4.90 Å². The summed E-state index contributed by atoms with van der Waals surface area (Å²) in [5.41, 5.74) is 0. The summed E-state index contributed by atoms with van der Waals surface area (Å²) in [7, 11) is 0. The summed E-state index contributed by atoms with van der Waals surface area (Å²) in [5, 5.41) is 9.29. The van der Waals surface area contributed by atoms with E-state index in [-0.39, 0.29) is 6.10 Å². The Morgan fingerprint density at radius 3 is 2.15 bits per heavy atom. The molecule has 0 aliphatic rings. The molecular weight excluding hydrogens is 162 g/mol. The van der Waals surface area contributed by atoms with E-state index in [0.29, 0.717) is 6.04 Å². The van der Waals surface area contributed by atoms with Crippen molar-refractivity contribution in [3.63, 3.8) is 0 Å². The molecule has 0 fully saturated rings. The molecule has 0 saturated carbocycles. The molecule has 0 bridgehead atoms. The molecule has 13 heavy (non-hydrogen) atoms. The highest BCUT2D eigenvalue weighted by Gasteiger charge is 2.10. The van der Waals surface area contributed by atoms with E-state index in [1.54, 1.807) is 0 Å². The van der Waals surface area contributed by atoms with Crippen molar-refractivity contribution in [2.24, 2.45) is 0 Å². The van der Waals surface area contributed by atoms with Gasteiger partial charge in [0.1, 0.15) is 0 Å². The van der Waals surface area contributed by atoms with Gasteiger partial charge < -0.3 is 5.11 Å². The van der Waals surface area contributed by atoms with Crippen LogP contribution in [-0.2, 0) is 0 Å². The van der Waals surface area contributed by atoms with Gasteiger partial charge in [-0.2, -0.15) is 0 Å². The Balaban J connectivity index is 3.67. The van der Waals surface area contributed by atoms with Crippen molar-refractivity contribution in [2.75, 3.05) is 13.1 Å². The Morgan fingerprint density at radius 1 is 1.15 bits per heavy atom. The standard InChI is InChI=1S/C11H25NO/c1-5-6-7-8-12(10(2)3)9-11(4)13/h10-11,13H,5-9H2,1-4H3. The lowest BCUT2D eigenvalue weighted by Gasteiger charge is -2.27. The maximum Gasteiger partial charge on any atom is 0.0639 e. The van der Waals surface area contributed by atoms with Gasteiger partial charge in [-0.3, -0.25) is 4.90 Å². The smallest absolute Gasteiger partial charge is 0.0639 e. The van der Waals surface area contributed by atoms with Gasteiger partial charge in [0.25, 0.3) is 0 Å². The first kappa shape index (κ1) is 12.9. The second kappa shape index (κ2) is 7.34. The van der Waals surface area contributed by atoms with E-state index in [1.807, 2.05) is 6.92 Å². The summed E-state index contributed by atoms with van der Waals surface area (Å²) < 4.78 is 0. The van der Waals surface area contributed by atoms with Crippen LogP contribution in [0.15, 0.2) is 0 Å². The quantitative estimate of drug-likeness (QED) is 0.618. The third-order valence-electron chi connectivity index (χ3n) is 2.28. The predicted octanol–water partition coefficient (Wildman–Crippen LogP) is 2.27. The summed E-state index contributed by atoms with van der Waals surface area (Å²) in [6, 6.07) is 0.548. The fraction of sp³-hybridized carbons (Fsp3) is 1.00. The van der Waals surface area contributed by atoms with Gasteiger partial charge in [-0.25, -0.2) is 0 Å². The van der Waals surface area contributed by atoms with Crippen LogP contribution in [0, 0.1) is 0 Å². The molecule has 0 radical (unpaired) electrons. The average molecular weight is 187 g/mol. The predicted molar refractivity (Wildman–Crippen MR) is 57.9 cm³/mol. The summed E-state index contributed by atoms with van der Waals surface area (Å²) >= 11 is 0. The number of unbranched alkanes of at least 4 members (excludes halogenated alkanes) is 2. The molecule has 0 aromatic carbocycles. The van der Waals surface area contributed by atoms with Crippen LogP contribution in [-0.4, -0.2) is 35.2 Å². The zero-order valence-electron chi connectivity index (χ0n) is 9.58. The molecule has 0 spiro atoms. The number of aliphatic hydroxyl groups excluding tert-OH is 1. The minimum Gasteiger partial charge on any atom is -0.392 e. The van der Waals surface area contributed by atoms with Gasteiger partial charge in [-0.1, -0.05) is 19.8 Å². The zero-order chi connectivity index (χ0) is 10.3. The molecule has 0 aromatic heterocycles. The largest absolute Gasteiger partial charge is 0.392 e. The van der Waals surface area contributed by atoms with Gasteiger partial charge in [-0.15, -0.1) is 0 Å². The van der Waals surface area contributed by atoms with Gasteiger partial charge >= 0.3 is 0 Å². The minimum atomic E-state index is -0.205. The number of aliphatic hydroxyl groups is 1. The number of hydrogen-bond acceptors (Lipinski definition) is 2. The fourth-order valence-corrected chi connectivity index (χ4v) is 1.46. The minimum absolute atomic E-state index is 0.205. The molecule has 2 heteroatoms. The van der Waals surface area contributed by atoms with E-state index in [0.717, 1.165) is 13.1 Å². The topological polar surface area (TPSA) is 23.5 Å². The average Bonchev–Trinajstić information content (AvgIpc) is 2.02. The van der Waals surface area contributed by atoms with Crippen LogP contribution in [0.25, 0.3) is 0 Å².